The Labute approximate surface area is 293 Å². The van der Waals surface area contributed by atoms with E-state index in [1.165, 1.54) is 70.2 Å². The molecule has 5 heteroatoms. The average molecular weight is 657 g/mol. The molecule has 49 heavy (non-hydrogen) atoms. The molecule has 0 amide bonds. The summed E-state index contributed by atoms with van der Waals surface area (Å²) in [5.74, 6) is 0. The molecule has 4 aromatic rings. The number of hydrogen-bond donors (Lipinski definition) is 2. The lowest BCUT2D eigenvalue weighted by molar-refractivity contribution is -0.742. The van der Waals surface area contributed by atoms with Gasteiger partial charge in [0.1, 0.15) is 0 Å². The van der Waals surface area contributed by atoms with Crippen molar-refractivity contribution in [2.45, 2.75) is 65.2 Å². The second-order valence-corrected chi connectivity index (χ2v) is 11.8. The Kier molecular flexibility index (Phi) is 18.3. The zero-order valence-electron chi connectivity index (χ0n) is 29.1. The van der Waals surface area contributed by atoms with Crippen molar-refractivity contribution < 1.29 is 10.3 Å². The zero-order chi connectivity index (χ0) is 34.9. The summed E-state index contributed by atoms with van der Waals surface area (Å²) < 4.78 is 0. The van der Waals surface area contributed by atoms with E-state index in [9.17, 15) is 0 Å². The van der Waals surface area contributed by atoms with Gasteiger partial charge in [-0.15, -0.1) is 10.1 Å². The van der Waals surface area contributed by atoms with Crippen LogP contribution in [0.2, 0.25) is 0 Å². The van der Waals surface area contributed by atoms with Crippen LogP contribution in [0.15, 0.2) is 157 Å². The van der Waals surface area contributed by atoms with Gasteiger partial charge in [-0.05, 0) is 83.3 Å². The highest BCUT2D eigenvalue weighted by Crippen LogP contribution is 2.31. The van der Waals surface area contributed by atoms with Crippen LogP contribution in [0.5, 0.6) is 0 Å². The third-order valence-electron chi connectivity index (χ3n) is 8.12. The van der Waals surface area contributed by atoms with Gasteiger partial charge in [0, 0.05) is 0 Å². The highest BCUT2D eigenvalue weighted by Gasteiger charge is 2.12. The SMILES string of the molecule is CCCCC=CC(CCNCCC(C=CCCCC)=C(c1ccccc1)c1ccccc1)=C(c1ccccc1)c1ccccc1.O=[N+]([O-])O. The molecule has 0 aromatic heterocycles. The van der Waals surface area contributed by atoms with Crippen molar-refractivity contribution in [3.8, 4) is 0 Å². The van der Waals surface area contributed by atoms with E-state index in [0.29, 0.717) is 0 Å². The number of unbranched alkanes of at least 4 members (excludes halogenated alkanes) is 4. The molecule has 0 fully saturated rings. The van der Waals surface area contributed by atoms with Crippen LogP contribution in [-0.4, -0.2) is 23.4 Å². The lowest BCUT2D eigenvalue weighted by atomic mass is 9.90. The van der Waals surface area contributed by atoms with Crippen LogP contribution < -0.4 is 5.32 Å². The monoisotopic (exact) mass is 656 g/mol. The molecule has 0 aliphatic rings. The standard InChI is InChI=1S/C44H51N.HNO3/c1-3-5-7-13-31-41(43(37-23-15-9-16-24-37)38-25-17-10-18-26-38)33-35-45-36-34-42(32-14-8-6-4-2)44(39-27-19-11-20-28-39)40-29-21-12-22-30-40;2-1(3)4/h9-32,45H,3-8,33-36H2,1-2H3;(H,2,3,4). The third-order valence-corrected chi connectivity index (χ3v) is 8.12. The van der Waals surface area contributed by atoms with Gasteiger partial charge in [0.2, 0.25) is 0 Å². The Morgan fingerprint density at radius 1 is 0.592 bits per heavy atom. The van der Waals surface area contributed by atoms with Crippen LogP contribution in [-0.2, 0) is 0 Å². The molecule has 5 nitrogen and oxygen atoms in total. The smallest absolute Gasteiger partial charge is 0.291 e. The van der Waals surface area contributed by atoms with Crippen molar-refractivity contribution in [3.63, 3.8) is 0 Å². The average Bonchev–Trinajstić information content (AvgIpc) is 3.13. The van der Waals surface area contributed by atoms with E-state index < -0.39 is 5.09 Å². The van der Waals surface area contributed by atoms with Crippen molar-refractivity contribution in [1.82, 2.24) is 5.32 Å². The molecule has 4 aromatic carbocycles. The van der Waals surface area contributed by atoms with Crippen LogP contribution in [0, 0.1) is 10.1 Å². The summed E-state index contributed by atoms with van der Waals surface area (Å²) in [5, 5.41) is 17.5. The van der Waals surface area contributed by atoms with Crippen LogP contribution in [0.1, 0.15) is 87.5 Å². The molecule has 0 spiro atoms. The molecule has 0 bridgehead atoms. The quantitative estimate of drug-likeness (QED) is 0.0484. The van der Waals surface area contributed by atoms with Crippen molar-refractivity contribution in [2.24, 2.45) is 0 Å². The Morgan fingerprint density at radius 3 is 1.14 bits per heavy atom. The maximum Gasteiger partial charge on any atom is 0.291 e. The first-order valence-corrected chi connectivity index (χ1v) is 17.6. The van der Waals surface area contributed by atoms with E-state index in [0.717, 1.165) is 38.8 Å². The Hall–Kier alpha value is -5.00. The predicted molar refractivity (Wildman–Crippen MR) is 206 cm³/mol. The van der Waals surface area contributed by atoms with Gasteiger partial charge in [-0.25, -0.2) is 0 Å². The summed E-state index contributed by atoms with van der Waals surface area (Å²) in [6.45, 7) is 6.37. The minimum Gasteiger partial charge on any atom is -0.328 e. The number of nitrogens with zero attached hydrogens (tertiary/aromatic N) is 1. The van der Waals surface area contributed by atoms with Crippen molar-refractivity contribution in [1.29, 1.82) is 0 Å². The highest BCUT2D eigenvalue weighted by molar-refractivity contribution is 5.84. The van der Waals surface area contributed by atoms with Crippen LogP contribution in [0.3, 0.4) is 0 Å². The van der Waals surface area contributed by atoms with E-state index in [-0.39, 0.29) is 0 Å². The van der Waals surface area contributed by atoms with Crippen molar-refractivity contribution >= 4 is 11.1 Å². The van der Waals surface area contributed by atoms with Crippen molar-refractivity contribution in [2.75, 3.05) is 13.1 Å². The molecular formula is C44H52N2O3. The van der Waals surface area contributed by atoms with Gasteiger partial charge in [-0.1, -0.05) is 185 Å². The summed E-state index contributed by atoms with van der Waals surface area (Å²) in [6, 6.07) is 43.5. The lowest BCUT2D eigenvalue weighted by Crippen LogP contribution is -2.18. The molecule has 0 atom stereocenters. The van der Waals surface area contributed by atoms with Crippen LogP contribution >= 0.6 is 0 Å². The minimum atomic E-state index is -1.50. The number of benzene rings is 4. The molecule has 256 valence electrons. The van der Waals surface area contributed by atoms with Gasteiger partial charge >= 0.3 is 0 Å². The summed E-state index contributed by atoms with van der Waals surface area (Å²) in [5.41, 5.74) is 10.5. The van der Waals surface area contributed by atoms with Gasteiger partial charge in [0.05, 0.1) is 0 Å². The molecule has 0 aliphatic carbocycles. The summed E-state index contributed by atoms with van der Waals surface area (Å²) in [7, 11) is 0. The molecule has 0 unspecified atom stereocenters. The fraction of sp³-hybridized carbons (Fsp3) is 0.273. The van der Waals surface area contributed by atoms with E-state index in [1.54, 1.807) is 0 Å². The maximum atomic E-state index is 8.36. The summed E-state index contributed by atoms with van der Waals surface area (Å²) in [6.07, 6.45) is 18.6. The molecule has 2 N–H and O–H groups in total. The van der Waals surface area contributed by atoms with Gasteiger partial charge in [-0.3, -0.25) is 0 Å². The molecule has 4 rings (SSSR count). The van der Waals surface area contributed by atoms with E-state index in [2.05, 4.69) is 165 Å². The number of nitrogens with one attached hydrogen (secondary N) is 1. The first-order chi connectivity index (χ1) is 24.0. The fourth-order valence-electron chi connectivity index (χ4n) is 5.74. The molecule has 0 aliphatic heterocycles. The predicted octanol–water partition coefficient (Wildman–Crippen LogP) is 11.5. The first kappa shape index (κ1) is 38.4. The molecule has 0 saturated heterocycles. The lowest BCUT2D eigenvalue weighted by Gasteiger charge is -2.17. The zero-order valence-corrected chi connectivity index (χ0v) is 29.1. The number of hydrogen-bond acceptors (Lipinski definition) is 3. The second kappa shape index (κ2) is 23.3. The number of rotatable bonds is 18. The Balaban J connectivity index is 0.00000154. The van der Waals surface area contributed by atoms with E-state index >= 15 is 0 Å². The van der Waals surface area contributed by atoms with Gasteiger partial charge in [-0.2, -0.15) is 0 Å². The first-order valence-electron chi connectivity index (χ1n) is 17.6. The maximum absolute atomic E-state index is 8.36. The Morgan fingerprint density at radius 2 is 0.878 bits per heavy atom. The Bertz CT molecular complexity index is 1410. The van der Waals surface area contributed by atoms with E-state index in [4.69, 9.17) is 15.3 Å². The fourth-order valence-corrected chi connectivity index (χ4v) is 5.74. The summed E-state index contributed by atoms with van der Waals surface area (Å²) in [4.78, 5) is 8.36. The van der Waals surface area contributed by atoms with E-state index in [1.807, 2.05) is 0 Å². The highest BCUT2D eigenvalue weighted by atomic mass is 16.9. The van der Waals surface area contributed by atoms with Crippen molar-refractivity contribution in [3.05, 3.63) is 189 Å². The molecular weight excluding hydrogens is 604 g/mol. The van der Waals surface area contributed by atoms with Gasteiger partial charge in [0.15, 0.2) is 0 Å². The van der Waals surface area contributed by atoms with Gasteiger partial charge in [0.25, 0.3) is 5.09 Å². The number of allylic oxidation sites excluding steroid dienone is 4. The second-order valence-electron chi connectivity index (χ2n) is 11.8. The molecule has 0 heterocycles. The molecule has 0 radical (unpaired) electrons. The summed E-state index contributed by atoms with van der Waals surface area (Å²) >= 11 is 0. The molecule has 0 saturated carbocycles. The van der Waals surface area contributed by atoms with Crippen LogP contribution in [0.25, 0.3) is 11.1 Å². The van der Waals surface area contributed by atoms with Gasteiger partial charge < -0.3 is 10.5 Å². The topological polar surface area (TPSA) is 75.4 Å². The third kappa shape index (κ3) is 14.3. The normalized spacial score (nSPS) is 10.8. The largest absolute Gasteiger partial charge is 0.328 e. The van der Waals surface area contributed by atoms with Crippen LogP contribution in [0.4, 0.5) is 0 Å². The minimum absolute atomic E-state index is 0.926.